The number of rotatable bonds is 5. The fraction of sp³-hybridized carbons (Fsp3) is 0.125. The van der Waals surface area contributed by atoms with Gasteiger partial charge in [-0.1, -0.05) is 23.7 Å². The van der Waals surface area contributed by atoms with Crippen molar-refractivity contribution in [3.63, 3.8) is 0 Å². The molecule has 0 aromatic heterocycles. The first kappa shape index (κ1) is 15.9. The molecule has 2 aromatic rings. The molecule has 0 unspecified atom stereocenters. The first-order valence-electron chi connectivity index (χ1n) is 6.54. The van der Waals surface area contributed by atoms with Crippen molar-refractivity contribution in [2.45, 2.75) is 0 Å². The Morgan fingerprint density at radius 1 is 1.18 bits per heavy atom. The van der Waals surface area contributed by atoms with Gasteiger partial charge in [0.05, 0.1) is 17.7 Å². The van der Waals surface area contributed by atoms with Crippen LogP contribution >= 0.6 is 11.6 Å². The van der Waals surface area contributed by atoms with Gasteiger partial charge in [0.2, 0.25) is 0 Å². The summed E-state index contributed by atoms with van der Waals surface area (Å²) in [5, 5.41) is 0.483. The van der Waals surface area contributed by atoms with E-state index in [1.807, 2.05) is 0 Å². The molecule has 0 saturated carbocycles. The Kier molecular flexibility index (Phi) is 5.38. The van der Waals surface area contributed by atoms with E-state index in [1.54, 1.807) is 55.6 Å². The summed E-state index contributed by atoms with van der Waals surface area (Å²) >= 11 is 5.96. The predicted molar refractivity (Wildman–Crippen MR) is 84.4 cm³/mol. The smallest absolute Gasteiger partial charge is 0.338 e. The lowest BCUT2D eigenvalue weighted by Crippen LogP contribution is -2.80. The van der Waals surface area contributed by atoms with Crippen molar-refractivity contribution in [3.05, 3.63) is 59.1 Å². The molecular weight excluding hydrogens is 304 g/mol. The van der Waals surface area contributed by atoms with Gasteiger partial charge in [-0.15, -0.1) is 0 Å². The molecule has 0 spiro atoms. The Morgan fingerprint density at radius 2 is 1.86 bits per heavy atom. The lowest BCUT2D eigenvalue weighted by Gasteiger charge is -2.04. The van der Waals surface area contributed by atoms with Gasteiger partial charge in [-0.2, -0.15) is 0 Å². The molecule has 0 bridgehead atoms. The summed E-state index contributed by atoms with van der Waals surface area (Å²) < 4.78 is 10.5. The van der Waals surface area contributed by atoms with Crippen molar-refractivity contribution in [2.24, 2.45) is 5.73 Å². The van der Waals surface area contributed by atoms with E-state index in [-0.39, 0.29) is 18.3 Å². The summed E-state index contributed by atoms with van der Waals surface area (Å²) in [5.41, 5.74) is 6.23. The van der Waals surface area contributed by atoms with Gasteiger partial charge in [-0.25, -0.2) is 9.79 Å². The molecule has 3 N–H and O–H groups in total. The monoisotopic (exact) mass is 319 g/mol. The molecule has 0 aliphatic heterocycles. The molecule has 0 atom stereocenters. The Labute approximate surface area is 133 Å². The average molecular weight is 320 g/mol. The van der Waals surface area contributed by atoms with Crippen LogP contribution in [0.2, 0.25) is 5.02 Å². The molecule has 1 amide bonds. The molecule has 0 aliphatic carbocycles. The Balaban J connectivity index is 1.98. The molecule has 5 nitrogen and oxygen atoms in total. The van der Waals surface area contributed by atoms with Gasteiger partial charge in [0.1, 0.15) is 11.5 Å². The van der Waals surface area contributed by atoms with E-state index in [1.165, 1.54) is 0 Å². The van der Waals surface area contributed by atoms with E-state index in [9.17, 15) is 4.79 Å². The number of amides is 1. The first-order valence-corrected chi connectivity index (χ1v) is 6.92. The summed E-state index contributed by atoms with van der Waals surface area (Å²) in [6.45, 7) is 0.0334. The van der Waals surface area contributed by atoms with Gasteiger partial charge in [0.25, 0.3) is 5.84 Å². The zero-order chi connectivity index (χ0) is 15.9. The van der Waals surface area contributed by atoms with E-state index in [0.717, 1.165) is 0 Å². The first-order chi connectivity index (χ1) is 10.6. The number of carbonyl (C=O) groups excluding carboxylic acids is 1. The highest BCUT2D eigenvalue weighted by Gasteiger charge is 2.10. The third-order valence-electron chi connectivity index (χ3n) is 2.85. The summed E-state index contributed by atoms with van der Waals surface area (Å²) in [6.07, 6.45) is 0. The lowest BCUT2D eigenvalue weighted by molar-refractivity contribution is -0.348. The Bertz CT molecular complexity index is 684. The molecule has 0 fully saturated rings. The quantitative estimate of drug-likeness (QED) is 0.637. The number of nitrogens with one attached hydrogen (secondary N) is 1. The van der Waals surface area contributed by atoms with Crippen molar-refractivity contribution in [3.8, 4) is 11.5 Å². The third kappa shape index (κ3) is 4.23. The van der Waals surface area contributed by atoms with Crippen LogP contribution in [0.1, 0.15) is 10.4 Å². The van der Waals surface area contributed by atoms with Crippen molar-refractivity contribution < 1.29 is 19.3 Å². The second-order valence-corrected chi connectivity index (χ2v) is 4.83. The van der Waals surface area contributed by atoms with Gasteiger partial charge in [-0.3, -0.25) is 5.73 Å². The van der Waals surface area contributed by atoms with Crippen LogP contribution in [0, 0.1) is 0 Å². The molecule has 0 heterocycles. The number of hydrogen-bond donors (Lipinski definition) is 2. The van der Waals surface area contributed by atoms with E-state index in [4.69, 9.17) is 26.8 Å². The highest BCUT2D eigenvalue weighted by molar-refractivity contribution is 6.32. The minimum Gasteiger partial charge on any atom is -0.497 e. The van der Waals surface area contributed by atoms with Crippen LogP contribution in [0.4, 0.5) is 0 Å². The summed E-state index contributed by atoms with van der Waals surface area (Å²) in [7, 11) is 1.56. The normalized spacial score (nSPS) is 11.1. The maximum Gasteiger partial charge on any atom is 0.338 e. The minimum absolute atomic E-state index is 0.0334. The predicted octanol–water partition coefficient (Wildman–Crippen LogP) is 1.01. The maximum atomic E-state index is 12.0. The van der Waals surface area contributed by atoms with Crippen LogP contribution in [0.25, 0.3) is 0 Å². The number of methoxy groups -OCH3 is 1. The molecule has 6 heteroatoms. The minimum atomic E-state index is -0.317. The third-order valence-corrected chi connectivity index (χ3v) is 3.16. The van der Waals surface area contributed by atoms with Gasteiger partial charge in [0, 0.05) is 0 Å². The van der Waals surface area contributed by atoms with Crippen LogP contribution in [0.15, 0.2) is 48.5 Å². The Hall–Kier alpha value is -2.53. The fourth-order valence-corrected chi connectivity index (χ4v) is 1.90. The molecule has 2 rings (SSSR count). The number of benzene rings is 2. The highest BCUT2D eigenvalue weighted by atomic mass is 35.5. The Morgan fingerprint density at radius 3 is 2.50 bits per heavy atom. The topological polar surface area (TPSA) is 75.5 Å². The molecule has 0 radical (unpaired) electrons. The zero-order valence-electron chi connectivity index (χ0n) is 12.0. The highest BCUT2D eigenvalue weighted by Crippen LogP contribution is 2.22. The van der Waals surface area contributed by atoms with Gasteiger partial charge < -0.3 is 9.47 Å². The van der Waals surface area contributed by atoms with Gasteiger partial charge in [-0.05, 0) is 36.4 Å². The zero-order valence-corrected chi connectivity index (χ0v) is 12.8. The summed E-state index contributed by atoms with van der Waals surface area (Å²) in [6, 6.07) is 13.7. The number of ether oxygens (including phenoxy) is 2. The standard InChI is InChI=1S/C16H15ClN2O3/c1-21-12-8-6-11(7-9-12)16(20)19-15(18)10-22-14-5-3-2-4-13(14)17/h2-9H,10H2,1H3,(H2,18,19,20)/p+1. The SMILES string of the molecule is COc1ccc(C(=O)[NH+]=C(N)COc2ccccc2Cl)cc1. The fourth-order valence-electron chi connectivity index (χ4n) is 1.71. The maximum absolute atomic E-state index is 12.0. The number of amidine groups is 1. The molecular formula is C16H16ClN2O3+. The molecule has 0 saturated heterocycles. The molecule has 2 aromatic carbocycles. The van der Waals surface area contributed by atoms with Crippen molar-refractivity contribution in [1.82, 2.24) is 0 Å². The summed E-state index contributed by atoms with van der Waals surface area (Å²) in [5.74, 6) is 1.06. The van der Waals surface area contributed by atoms with E-state index in [2.05, 4.69) is 4.99 Å². The lowest BCUT2D eigenvalue weighted by atomic mass is 10.2. The van der Waals surface area contributed by atoms with Crippen molar-refractivity contribution in [2.75, 3.05) is 13.7 Å². The number of halogens is 1. The van der Waals surface area contributed by atoms with Crippen LogP contribution < -0.4 is 20.2 Å². The van der Waals surface area contributed by atoms with Crippen molar-refractivity contribution >= 4 is 23.3 Å². The van der Waals surface area contributed by atoms with Crippen LogP contribution in [-0.4, -0.2) is 25.5 Å². The second-order valence-electron chi connectivity index (χ2n) is 4.43. The summed E-state index contributed by atoms with van der Waals surface area (Å²) in [4.78, 5) is 14.6. The molecule has 114 valence electrons. The van der Waals surface area contributed by atoms with Crippen LogP contribution in [0.5, 0.6) is 11.5 Å². The van der Waals surface area contributed by atoms with Gasteiger partial charge in [0.15, 0.2) is 6.61 Å². The number of hydrogen-bond acceptors (Lipinski definition) is 3. The van der Waals surface area contributed by atoms with E-state index < -0.39 is 0 Å². The van der Waals surface area contributed by atoms with Crippen LogP contribution in [0.3, 0.4) is 0 Å². The van der Waals surface area contributed by atoms with Crippen LogP contribution in [-0.2, 0) is 0 Å². The molecule has 22 heavy (non-hydrogen) atoms. The van der Waals surface area contributed by atoms with Crippen molar-refractivity contribution in [1.29, 1.82) is 0 Å². The average Bonchev–Trinajstić information content (AvgIpc) is 2.54. The van der Waals surface area contributed by atoms with E-state index >= 15 is 0 Å². The number of para-hydroxylation sites is 1. The molecule has 0 aliphatic rings. The van der Waals surface area contributed by atoms with E-state index in [0.29, 0.717) is 22.1 Å². The number of carbonyl (C=O) groups is 1. The largest absolute Gasteiger partial charge is 0.497 e. The second kappa shape index (κ2) is 7.47. The number of nitrogens with two attached hydrogens (primary N) is 1. The van der Waals surface area contributed by atoms with Gasteiger partial charge >= 0.3 is 5.91 Å².